The first kappa shape index (κ1) is 35.7. The summed E-state index contributed by atoms with van der Waals surface area (Å²) in [4.78, 5) is 2.40. The molecule has 0 bridgehead atoms. The molecule has 0 spiro atoms. The van der Waals surface area contributed by atoms with Crippen LogP contribution in [0.5, 0.6) is 0 Å². The smallest absolute Gasteiger partial charge is 0.0540 e. The second-order valence-electron chi connectivity index (χ2n) is 14.9. The van der Waals surface area contributed by atoms with Gasteiger partial charge in [-0.05, 0) is 114 Å². The van der Waals surface area contributed by atoms with Crippen molar-refractivity contribution in [3.05, 3.63) is 249 Å². The van der Waals surface area contributed by atoms with Crippen LogP contribution in [0.15, 0.2) is 249 Å². The fourth-order valence-electron chi connectivity index (χ4n) is 8.38. The highest BCUT2D eigenvalue weighted by Crippen LogP contribution is 2.43. The van der Waals surface area contributed by atoms with E-state index in [4.69, 9.17) is 0 Å². The van der Waals surface area contributed by atoms with Crippen molar-refractivity contribution in [3.63, 3.8) is 0 Å². The Kier molecular flexibility index (Phi) is 9.68. The lowest BCUT2D eigenvalue weighted by Crippen LogP contribution is -2.11. The van der Waals surface area contributed by atoms with Crippen molar-refractivity contribution in [1.29, 1.82) is 0 Å². The van der Waals surface area contributed by atoms with Gasteiger partial charge in [-0.2, -0.15) is 0 Å². The lowest BCUT2D eigenvalue weighted by molar-refractivity contribution is 1.28. The maximum Gasteiger partial charge on any atom is 0.0540 e. The Morgan fingerprint density at radius 3 is 1.15 bits per heavy atom. The van der Waals surface area contributed by atoms with E-state index in [1.807, 2.05) is 0 Å². The first-order valence-electron chi connectivity index (χ1n) is 20.3. The van der Waals surface area contributed by atoms with Crippen LogP contribution < -0.4 is 4.90 Å². The van der Waals surface area contributed by atoms with Gasteiger partial charge >= 0.3 is 0 Å². The number of benzene rings is 10. The molecule has 0 saturated carbocycles. The van der Waals surface area contributed by atoms with Gasteiger partial charge in [0.25, 0.3) is 0 Å². The molecule has 0 aliphatic heterocycles. The zero-order valence-corrected chi connectivity index (χ0v) is 32.6. The minimum Gasteiger partial charge on any atom is -0.310 e. The normalized spacial score (nSPS) is 11.1. The Morgan fingerprint density at radius 1 is 0.220 bits per heavy atom. The van der Waals surface area contributed by atoms with E-state index < -0.39 is 0 Å². The molecule has 0 aliphatic rings. The van der Waals surface area contributed by atoms with E-state index in [1.54, 1.807) is 0 Å². The summed E-state index contributed by atoms with van der Waals surface area (Å²) in [5.41, 5.74) is 17.7. The van der Waals surface area contributed by atoms with Gasteiger partial charge in [0.05, 0.1) is 5.69 Å². The Balaban J connectivity index is 1.08. The number of hydrogen-bond donors (Lipinski definition) is 0. The molecule has 0 aromatic heterocycles. The van der Waals surface area contributed by atoms with Crippen molar-refractivity contribution in [1.82, 2.24) is 0 Å². The Hall–Kier alpha value is -7.74. The zero-order valence-electron chi connectivity index (χ0n) is 32.6. The monoisotopic (exact) mass is 751 g/mol. The molecule has 10 aromatic carbocycles. The highest BCUT2D eigenvalue weighted by Gasteiger charge is 2.19. The second-order valence-corrected chi connectivity index (χ2v) is 14.9. The van der Waals surface area contributed by atoms with Crippen LogP contribution in [-0.4, -0.2) is 0 Å². The first-order chi connectivity index (χ1) is 29.3. The molecule has 59 heavy (non-hydrogen) atoms. The molecule has 0 radical (unpaired) electrons. The Bertz CT molecular complexity index is 3000. The third-order valence-electron chi connectivity index (χ3n) is 11.3. The summed E-state index contributed by atoms with van der Waals surface area (Å²) < 4.78 is 0. The van der Waals surface area contributed by atoms with Crippen molar-refractivity contribution < 1.29 is 0 Å². The van der Waals surface area contributed by atoms with Crippen LogP contribution in [0, 0.1) is 0 Å². The molecular formula is C58H41N. The second kappa shape index (κ2) is 16.0. The number of para-hydroxylation sites is 1. The van der Waals surface area contributed by atoms with Crippen LogP contribution >= 0.6 is 0 Å². The lowest BCUT2D eigenvalue weighted by atomic mass is 9.91. The summed E-state index contributed by atoms with van der Waals surface area (Å²) in [6, 6.07) is 89.8. The van der Waals surface area contributed by atoms with Crippen molar-refractivity contribution >= 4 is 27.8 Å². The number of fused-ring (bicyclic) bond motifs is 1. The van der Waals surface area contributed by atoms with E-state index in [9.17, 15) is 0 Å². The van der Waals surface area contributed by atoms with Gasteiger partial charge in [0.2, 0.25) is 0 Å². The van der Waals surface area contributed by atoms with E-state index in [0.29, 0.717) is 0 Å². The average Bonchev–Trinajstić information content (AvgIpc) is 3.33. The predicted octanol–water partition coefficient (Wildman–Crippen LogP) is 16.3. The molecular weight excluding hydrogens is 711 g/mol. The molecule has 1 heteroatoms. The number of nitrogens with zero attached hydrogens (tertiary/aromatic N) is 1. The molecule has 0 atom stereocenters. The van der Waals surface area contributed by atoms with Gasteiger partial charge in [-0.15, -0.1) is 0 Å². The van der Waals surface area contributed by atoms with Crippen LogP contribution in [0.25, 0.3) is 77.5 Å². The van der Waals surface area contributed by atoms with Gasteiger partial charge in [0.15, 0.2) is 0 Å². The van der Waals surface area contributed by atoms with Crippen molar-refractivity contribution in [2.45, 2.75) is 0 Å². The van der Waals surface area contributed by atoms with Gasteiger partial charge in [0, 0.05) is 16.9 Å². The minimum atomic E-state index is 1.09. The summed E-state index contributed by atoms with van der Waals surface area (Å²) in [5, 5.41) is 2.50. The third-order valence-corrected chi connectivity index (χ3v) is 11.3. The van der Waals surface area contributed by atoms with Gasteiger partial charge in [-0.1, -0.05) is 206 Å². The lowest BCUT2D eigenvalue weighted by Gasteiger charge is -2.28. The summed E-state index contributed by atoms with van der Waals surface area (Å²) in [6.45, 7) is 0. The molecule has 0 N–H and O–H groups in total. The third kappa shape index (κ3) is 7.23. The standard InChI is InChI=1S/C58H41N/c1-4-16-42(17-5-1)44-32-36-52(37-33-44)59(53-38-34-46(35-39-53)56-30-15-23-47-22-14-29-55(58(47)56)45-20-8-3-9-21-45)57-31-11-10-28-54(57)51-27-13-26-50(41-51)49-25-12-24-48(40-49)43-18-6-2-7-19-43/h1-41H. The summed E-state index contributed by atoms with van der Waals surface area (Å²) in [5.74, 6) is 0. The highest BCUT2D eigenvalue weighted by atomic mass is 15.1. The van der Waals surface area contributed by atoms with E-state index >= 15 is 0 Å². The molecule has 0 saturated heterocycles. The fourth-order valence-corrected chi connectivity index (χ4v) is 8.38. The molecule has 278 valence electrons. The van der Waals surface area contributed by atoms with E-state index in [2.05, 4.69) is 254 Å². The SMILES string of the molecule is c1ccc(-c2ccc(N(c3ccc(-c4cccc5cccc(-c6ccccc6)c45)cc3)c3ccccc3-c3cccc(-c4cccc(-c5ccccc5)c4)c3)cc2)cc1. The zero-order chi connectivity index (χ0) is 39.4. The largest absolute Gasteiger partial charge is 0.310 e. The van der Waals surface area contributed by atoms with Crippen LogP contribution in [0.2, 0.25) is 0 Å². The van der Waals surface area contributed by atoms with E-state index in [-0.39, 0.29) is 0 Å². The van der Waals surface area contributed by atoms with Crippen LogP contribution in [-0.2, 0) is 0 Å². The fraction of sp³-hybridized carbons (Fsp3) is 0. The number of hydrogen-bond acceptors (Lipinski definition) is 1. The van der Waals surface area contributed by atoms with Crippen LogP contribution in [0.1, 0.15) is 0 Å². The minimum absolute atomic E-state index is 1.09. The summed E-state index contributed by atoms with van der Waals surface area (Å²) >= 11 is 0. The molecule has 0 amide bonds. The van der Waals surface area contributed by atoms with Gasteiger partial charge in [-0.3, -0.25) is 0 Å². The van der Waals surface area contributed by atoms with Crippen LogP contribution in [0.4, 0.5) is 17.1 Å². The van der Waals surface area contributed by atoms with Gasteiger partial charge in [0.1, 0.15) is 0 Å². The topological polar surface area (TPSA) is 3.24 Å². The molecule has 10 aromatic rings. The summed E-state index contributed by atoms with van der Waals surface area (Å²) in [6.07, 6.45) is 0. The molecule has 1 nitrogen and oxygen atoms in total. The molecule has 0 aliphatic carbocycles. The number of rotatable bonds is 9. The van der Waals surface area contributed by atoms with E-state index in [0.717, 1.165) is 28.2 Å². The Morgan fingerprint density at radius 2 is 0.576 bits per heavy atom. The maximum atomic E-state index is 2.40. The molecule has 0 heterocycles. The first-order valence-corrected chi connectivity index (χ1v) is 20.3. The maximum absolute atomic E-state index is 2.40. The van der Waals surface area contributed by atoms with E-state index in [1.165, 1.54) is 66.4 Å². The Labute approximate surface area is 346 Å². The number of anilines is 3. The molecule has 0 fully saturated rings. The average molecular weight is 752 g/mol. The molecule has 0 unspecified atom stereocenters. The van der Waals surface area contributed by atoms with Gasteiger partial charge < -0.3 is 4.90 Å². The van der Waals surface area contributed by atoms with Crippen molar-refractivity contribution in [3.8, 4) is 66.8 Å². The van der Waals surface area contributed by atoms with Crippen molar-refractivity contribution in [2.24, 2.45) is 0 Å². The quantitative estimate of drug-likeness (QED) is 0.142. The van der Waals surface area contributed by atoms with Crippen molar-refractivity contribution in [2.75, 3.05) is 4.90 Å². The molecule has 10 rings (SSSR count). The highest BCUT2D eigenvalue weighted by molar-refractivity contribution is 6.06. The van der Waals surface area contributed by atoms with Gasteiger partial charge in [-0.25, -0.2) is 0 Å². The predicted molar refractivity (Wildman–Crippen MR) is 251 cm³/mol. The summed E-state index contributed by atoms with van der Waals surface area (Å²) in [7, 11) is 0. The van der Waals surface area contributed by atoms with Crippen LogP contribution in [0.3, 0.4) is 0 Å².